The molecule has 0 aromatic carbocycles. The number of hydrogen-bond acceptors (Lipinski definition) is 5. The van der Waals surface area contributed by atoms with Gasteiger partial charge >= 0.3 is 6.09 Å². The van der Waals surface area contributed by atoms with E-state index < -0.39 is 5.60 Å². The van der Waals surface area contributed by atoms with Gasteiger partial charge in [0.05, 0.1) is 12.6 Å². The van der Waals surface area contributed by atoms with Gasteiger partial charge in [-0.25, -0.2) is 19.8 Å². The van der Waals surface area contributed by atoms with Gasteiger partial charge in [-0.15, -0.1) is 0 Å². The number of guanidine groups is 1. The van der Waals surface area contributed by atoms with Crippen molar-refractivity contribution in [3.8, 4) is 5.82 Å². The summed E-state index contributed by atoms with van der Waals surface area (Å²) in [6.45, 7) is 10.1. The molecule has 1 amide bonds. The molecule has 3 heterocycles. The van der Waals surface area contributed by atoms with Gasteiger partial charge < -0.3 is 20.3 Å². The van der Waals surface area contributed by atoms with E-state index in [1.54, 1.807) is 17.4 Å². The van der Waals surface area contributed by atoms with Crippen LogP contribution in [0, 0.1) is 0 Å². The molecule has 29 heavy (non-hydrogen) atoms. The van der Waals surface area contributed by atoms with Crippen molar-refractivity contribution in [2.45, 2.75) is 45.9 Å². The van der Waals surface area contributed by atoms with Crippen LogP contribution in [0.25, 0.3) is 5.82 Å². The van der Waals surface area contributed by atoms with Gasteiger partial charge in [0.1, 0.15) is 17.7 Å². The number of hydrogen-bond donors (Lipinski definition) is 2. The Kier molecular flexibility index (Phi) is 6.36. The molecule has 156 valence electrons. The van der Waals surface area contributed by atoms with E-state index in [0.29, 0.717) is 19.6 Å². The van der Waals surface area contributed by atoms with Crippen molar-refractivity contribution in [1.82, 2.24) is 30.1 Å². The summed E-state index contributed by atoms with van der Waals surface area (Å²) in [6, 6.07) is 4.10. The second-order valence-electron chi connectivity index (χ2n) is 7.92. The second kappa shape index (κ2) is 8.93. The predicted octanol–water partition coefficient (Wildman–Crippen LogP) is 1.94. The van der Waals surface area contributed by atoms with Crippen molar-refractivity contribution in [2.24, 2.45) is 4.99 Å². The van der Waals surface area contributed by atoms with Gasteiger partial charge in [-0.05, 0) is 39.3 Å². The Bertz CT molecular complexity index is 820. The standard InChI is InChI=1S/C20H29N7O2/c1-5-22-18(25-16-12-27(13-16)19(28)29-20(2,3)4)24-11-15-6-7-17(23-10-15)26-9-8-21-14-26/h6-10,14,16H,5,11-13H2,1-4H3,(H2,22,24,25). The van der Waals surface area contributed by atoms with Gasteiger partial charge in [-0.1, -0.05) is 6.07 Å². The van der Waals surface area contributed by atoms with Crippen molar-refractivity contribution in [3.63, 3.8) is 0 Å². The van der Waals surface area contributed by atoms with E-state index in [2.05, 4.69) is 25.6 Å². The molecule has 1 saturated heterocycles. The number of carbonyl (C=O) groups is 1. The van der Waals surface area contributed by atoms with Crippen LogP contribution in [0.2, 0.25) is 0 Å². The molecule has 2 aromatic rings. The largest absolute Gasteiger partial charge is 0.444 e. The van der Waals surface area contributed by atoms with E-state index in [1.165, 1.54) is 0 Å². The Morgan fingerprint density at radius 1 is 1.34 bits per heavy atom. The molecule has 0 radical (unpaired) electrons. The number of amides is 1. The second-order valence-corrected chi connectivity index (χ2v) is 7.92. The van der Waals surface area contributed by atoms with Crippen molar-refractivity contribution in [2.75, 3.05) is 19.6 Å². The average Bonchev–Trinajstić information content (AvgIpc) is 3.15. The molecular weight excluding hydrogens is 370 g/mol. The molecule has 0 spiro atoms. The van der Waals surface area contributed by atoms with Crippen LogP contribution in [-0.4, -0.2) is 62.8 Å². The maximum absolute atomic E-state index is 12.0. The third kappa shape index (κ3) is 5.94. The zero-order valence-corrected chi connectivity index (χ0v) is 17.4. The van der Waals surface area contributed by atoms with E-state index >= 15 is 0 Å². The van der Waals surface area contributed by atoms with E-state index in [-0.39, 0.29) is 12.1 Å². The molecule has 0 atom stereocenters. The molecule has 0 aliphatic carbocycles. The minimum atomic E-state index is -0.479. The molecule has 2 aromatic heterocycles. The lowest BCUT2D eigenvalue weighted by atomic mass is 10.1. The number of ether oxygens (including phenoxy) is 1. The number of pyridine rings is 1. The van der Waals surface area contributed by atoms with Crippen LogP contribution in [0.15, 0.2) is 42.0 Å². The molecule has 3 rings (SSSR count). The molecule has 0 saturated carbocycles. The minimum absolute atomic E-state index is 0.155. The zero-order chi connectivity index (χ0) is 20.9. The van der Waals surface area contributed by atoms with E-state index in [1.807, 2.05) is 56.8 Å². The summed E-state index contributed by atoms with van der Waals surface area (Å²) in [5, 5.41) is 6.60. The molecule has 1 aliphatic rings. The zero-order valence-electron chi connectivity index (χ0n) is 17.4. The van der Waals surface area contributed by atoms with Crippen molar-refractivity contribution in [3.05, 3.63) is 42.6 Å². The first-order valence-corrected chi connectivity index (χ1v) is 9.80. The molecule has 0 unspecified atom stereocenters. The van der Waals surface area contributed by atoms with Crippen LogP contribution < -0.4 is 10.6 Å². The van der Waals surface area contributed by atoms with Crippen LogP contribution in [0.1, 0.15) is 33.3 Å². The van der Waals surface area contributed by atoms with Crippen LogP contribution in [0.5, 0.6) is 0 Å². The number of likely N-dealkylation sites (tertiary alicyclic amines) is 1. The van der Waals surface area contributed by atoms with Crippen molar-refractivity contribution >= 4 is 12.1 Å². The number of aromatic nitrogens is 3. The molecule has 9 nitrogen and oxygen atoms in total. The fraction of sp³-hybridized carbons (Fsp3) is 0.500. The quantitative estimate of drug-likeness (QED) is 0.589. The van der Waals surface area contributed by atoms with Crippen molar-refractivity contribution in [1.29, 1.82) is 0 Å². The van der Waals surface area contributed by atoms with E-state index in [9.17, 15) is 4.79 Å². The summed E-state index contributed by atoms with van der Waals surface area (Å²) in [5.74, 6) is 1.54. The number of carbonyl (C=O) groups excluding carboxylic acids is 1. The smallest absolute Gasteiger partial charge is 0.410 e. The first-order valence-electron chi connectivity index (χ1n) is 9.80. The van der Waals surface area contributed by atoms with Crippen LogP contribution in [-0.2, 0) is 11.3 Å². The Morgan fingerprint density at radius 2 is 2.14 bits per heavy atom. The number of imidazole rings is 1. The lowest BCUT2D eigenvalue weighted by Gasteiger charge is -2.40. The van der Waals surface area contributed by atoms with Gasteiger partial charge in [0.25, 0.3) is 0 Å². The number of nitrogens with zero attached hydrogens (tertiary/aromatic N) is 5. The van der Waals surface area contributed by atoms with Crippen molar-refractivity contribution < 1.29 is 9.53 Å². The summed E-state index contributed by atoms with van der Waals surface area (Å²) < 4.78 is 7.24. The summed E-state index contributed by atoms with van der Waals surface area (Å²) in [7, 11) is 0. The van der Waals surface area contributed by atoms with Crippen LogP contribution >= 0.6 is 0 Å². The fourth-order valence-electron chi connectivity index (χ4n) is 2.79. The summed E-state index contributed by atoms with van der Waals surface area (Å²) in [4.78, 5) is 26.8. The highest BCUT2D eigenvalue weighted by Gasteiger charge is 2.34. The molecule has 9 heteroatoms. The highest BCUT2D eigenvalue weighted by molar-refractivity contribution is 5.80. The molecule has 0 bridgehead atoms. The molecule has 2 N–H and O–H groups in total. The fourth-order valence-corrected chi connectivity index (χ4v) is 2.79. The number of nitrogens with one attached hydrogen (secondary N) is 2. The average molecular weight is 399 g/mol. The number of rotatable bonds is 5. The molecule has 1 fully saturated rings. The van der Waals surface area contributed by atoms with E-state index in [0.717, 1.165) is 23.9 Å². The maximum Gasteiger partial charge on any atom is 0.410 e. The third-order valence-corrected chi connectivity index (χ3v) is 4.22. The summed E-state index contributed by atoms with van der Waals surface area (Å²) >= 11 is 0. The summed E-state index contributed by atoms with van der Waals surface area (Å²) in [6.07, 6.45) is 6.83. The van der Waals surface area contributed by atoms with Crippen LogP contribution in [0.4, 0.5) is 4.79 Å². The topological polar surface area (TPSA) is 96.7 Å². The first kappa shape index (κ1) is 20.6. The van der Waals surface area contributed by atoms with Crippen LogP contribution in [0.3, 0.4) is 0 Å². The maximum atomic E-state index is 12.0. The van der Waals surface area contributed by atoms with Gasteiger partial charge in [0.15, 0.2) is 5.96 Å². The molecular formula is C20H29N7O2. The summed E-state index contributed by atoms with van der Waals surface area (Å²) in [5.41, 5.74) is 0.531. The Balaban J connectivity index is 1.51. The molecule has 1 aliphatic heterocycles. The Hall–Kier alpha value is -3.10. The highest BCUT2D eigenvalue weighted by Crippen LogP contribution is 2.15. The third-order valence-electron chi connectivity index (χ3n) is 4.22. The number of aliphatic imine (C=N–C) groups is 1. The first-order chi connectivity index (χ1) is 13.8. The minimum Gasteiger partial charge on any atom is -0.444 e. The predicted molar refractivity (Wildman–Crippen MR) is 111 cm³/mol. The van der Waals surface area contributed by atoms with E-state index in [4.69, 9.17) is 4.74 Å². The van der Waals surface area contributed by atoms with Gasteiger partial charge in [0, 0.05) is 38.2 Å². The van der Waals surface area contributed by atoms with Gasteiger partial charge in [-0.2, -0.15) is 0 Å². The monoisotopic (exact) mass is 399 g/mol. The normalized spacial score (nSPS) is 15.0. The highest BCUT2D eigenvalue weighted by atomic mass is 16.6. The Morgan fingerprint density at radius 3 is 2.72 bits per heavy atom. The van der Waals surface area contributed by atoms with Gasteiger partial charge in [-0.3, -0.25) is 4.57 Å². The lowest BCUT2D eigenvalue weighted by molar-refractivity contribution is 0.00701. The lowest BCUT2D eigenvalue weighted by Crippen LogP contribution is -2.63. The van der Waals surface area contributed by atoms with Gasteiger partial charge in [0.2, 0.25) is 0 Å². The Labute approximate surface area is 171 Å². The SMILES string of the molecule is CCNC(=NCc1ccc(-n2ccnc2)nc1)NC1CN(C(=O)OC(C)(C)C)C1.